The molecule has 20 heteroatoms. The number of halogens is 18. The Hall–Kier alpha value is -1.34. The van der Waals surface area contributed by atoms with Gasteiger partial charge in [0.05, 0.1) is 0 Å². The van der Waals surface area contributed by atoms with E-state index in [2.05, 4.69) is 9.47 Å². The highest BCUT2D eigenvalue weighted by atomic mass is 19.4. The van der Waals surface area contributed by atoms with E-state index in [1.807, 2.05) is 0 Å². The van der Waals surface area contributed by atoms with Gasteiger partial charge < -0.3 is 4.74 Å². The maximum Gasteiger partial charge on any atom is 0.429 e. The quantitative estimate of drug-likeness (QED) is 0.410. The average Bonchev–Trinajstić information content (AvgIpc) is 2.42. The largest absolute Gasteiger partial charge is 0.429 e. The smallest absolute Gasteiger partial charge is 0.329 e. The third kappa shape index (κ3) is 6.84. The lowest BCUT2D eigenvalue weighted by Gasteiger charge is -2.43. The first-order chi connectivity index (χ1) is 13.0. The Labute approximate surface area is 152 Å². The van der Waals surface area contributed by atoms with Gasteiger partial charge in [0, 0.05) is 0 Å². The van der Waals surface area contributed by atoms with E-state index in [1.54, 1.807) is 0 Å². The van der Waals surface area contributed by atoms with Gasteiger partial charge in [0.2, 0.25) is 0 Å². The molecule has 0 atom stereocenters. The predicted octanol–water partition coefficient (Wildman–Crippen LogP) is 6.12. The van der Waals surface area contributed by atoms with E-state index >= 15 is 0 Å². The Morgan fingerprint density at radius 1 is 0.467 bits per heavy atom. The molecule has 0 aliphatic heterocycles. The Balaban J connectivity index is 0. The number of ether oxygens (including phenoxy) is 2. The maximum absolute atomic E-state index is 12.4. The van der Waals surface area contributed by atoms with E-state index in [4.69, 9.17) is 0 Å². The first-order valence-electron chi connectivity index (χ1n) is 6.26. The maximum atomic E-state index is 12.4. The molecule has 0 saturated heterocycles. The lowest BCUT2D eigenvalue weighted by atomic mass is 9.98. The summed E-state index contributed by atoms with van der Waals surface area (Å²) in [4.78, 5) is 0. The van der Waals surface area contributed by atoms with Crippen molar-refractivity contribution in [1.29, 1.82) is 0 Å². The highest BCUT2D eigenvalue weighted by molar-refractivity contribution is 5.04. The van der Waals surface area contributed by atoms with Crippen LogP contribution < -0.4 is 0 Å². The topological polar surface area (TPSA) is 18.5 Å². The Kier molecular flexibility index (Phi) is 10.1. The summed E-state index contributed by atoms with van der Waals surface area (Å²) in [6, 6.07) is 0. The zero-order chi connectivity index (χ0) is 25.0. The van der Waals surface area contributed by atoms with Gasteiger partial charge in [0.15, 0.2) is 0 Å². The van der Waals surface area contributed by atoms with Crippen molar-refractivity contribution in [2.45, 2.75) is 49.1 Å². The molecule has 0 saturated carbocycles. The molecule has 0 bridgehead atoms. The van der Waals surface area contributed by atoms with Crippen molar-refractivity contribution in [2.24, 2.45) is 0 Å². The molecule has 0 aliphatic carbocycles. The molecule has 0 fully saturated rings. The molecule has 0 heterocycles. The molecule has 0 aromatic rings. The fourth-order valence-corrected chi connectivity index (χ4v) is 1.29. The number of hydrogen-bond acceptors (Lipinski definition) is 2. The van der Waals surface area contributed by atoms with Gasteiger partial charge >= 0.3 is 37.9 Å². The van der Waals surface area contributed by atoms with Gasteiger partial charge in [-0.3, -0.25) is 4.74 Å². The second-order valence-corrected chi connectivity index (χ2v) is 4.67. The van der Waals surface area contributed by atoms with Crippen molar-refractivity contribution in [3.05, 3.63) is 0 Å². The van der Waals surface area contributed by atoms with E-state index in [1.165, 1.54) is 0 Å². The summed E-state index contributed by atoms with van der Waals surface area (Å²) in [5.41, 5.74) is -13.1. The molecule has 0 aliphatic rings. The summed E-state index contributed by atoms with van der Waals surface area (Å²) < 4.78 is 220. The summed E-state index contributed by atoms with van der Waals surface area (Å²) in [6.45, 7) is -14.5. The molecule has 0 rings (SSSR count). The number of rotatable bonds is 6. The van der Waals surface area contributed by atoms with Crippen molar-refractivity contribution in [2.75, 3.05) is 13.3 Å². The van der Waals surface area contributed by atoms with Crippen LogP contribution in [0.2, 0.25) is 0 Å². The average molecular weight is 500 g/mol. The Bertz CT molecular complexity index is 427. The number of hydrogen-bond donors (Lipinski definition) is 0. The van der Waals surface area contributed by atoms with Crippen molar-refractivity contribution < 1.29 is 88.5 Å². The van der Waals surface area contributed by atoms with E-state index < -0.39 is 62.5 Å². The molecule has 0 aromatic carbocycles. The number of alkyl halides is 18. The molecular formula is C10H6F18O2. The minimum Gasteiger partial charge on any atom is -0.329 e. The first kappa shape index (κ1) is 30.9. The third-order valence-electron chi connectivity index (χ3n) is 2.76. The standard InChI is InChI=1S/C8H4F14O.C2H2F4O/c9-1-3(5(11,12)13,6(14,15)16)23-4(2-10,7(17,18)19)8(20,21)22;3-1(4)7-2(5)6/h1-2H2;1-2H. The van der Waals surface area contributed by atoms with Gasteiger partial charge in [0.25, 0.3) is 11.2 Å². The van der Waals surface area contributed by atoms with Crippen LogP contribution in [0.5, 0.6) is 0 Å². The molecule has 30 heavy (non-hydrogen) atoms. The van der Waals surface area contributed by atoms with Crippen molar-refractivity contribution in [3.63, 3.8) is 0 Å². The van der Waals surface area contributed by atoms with Crippen LogP contribution in [0, 0.1) is 0 Å². The summed E-state index contributed by atoms with van der Waals surface area (Å²) in [6.07, 6.45) is -28.4. The van der Waals surface area contributed by atoms with E-state index in [0.29, 0.717) is 0 Å². The van der Waals surface area contributed by atoms with Crippen molar-refractivity contribution in [1.82, 2.24) is 0 Å². The summed E-state index contributed by atoms with van der Waals surface area (Å²) in [5.74, 6) is 0. The van der Waals surface area contributed by atoms with Crippen LogP contribution in [0.15, 0.2) is 0 Å². The van der Waals surface area contributed by atoms with Crippen LogP contribution in [0.4, 0.5) is 79.0 Å². The molecule has 0 spiro atoms. The normalized spacial score (nSPS) is 14.8. The van der Waals surface area contributed by atoms with Gasteiger partial charge in [-0.05, 0) is 0 Å². The zero-order valence-corrected chi connectivity index (χ0v) is 13.2. The molecule has 0 N–H and O–H groups in total. The molecule has 0 radical (unpaired) electrons. The minimum absolute atomic E-state index is 2.13. The predicted molar refractivity (Wildman–Crippen MR) is 55.8 cm³/mol. The van der Waals surface area contributed by atoms with Gasteiger partial charge in [-0.1, -0.05) is 0 Å². The van der Waals surface area contributed by atoms with Crippen molar-refractivity contribution in [3.8, 4) is 0 Å². The van der Waals surface area contributed by atoms with Gasteiger partial charge in [-0.25, -0.2) is 8.78 Å². The highest BCUT2D eigenvalue weighted by Crippen LogP contribution is 2.55. The summed E-state index contributed by atoms with van der Waals surface area (Å²) in [5, 5.41) is 0. The first-order valence-corrected chi connectivity index (χ1v) is 6.26. The van der Waals surface area contributed by atoms with E-state index in [-0.39, 0.29) is 0 Å². The second-order valence-electron chi connectivity index (χ2n) is 4.67. The van der Waals surface area contributed by atoms with Gasteiger partial charge in [0.1, 0.15) is 13.3 Å². The van der Waals surface area contributed by atoms with Crippen LogP contribution >= 0.6 is 0 Å². The SMILES string of the molecule is FC(F)OC(F)F.FCC(OC(CF)(C(F)(F)F)C(F)(F)F)(C(F)(F)F)C(F)(F)F. The van der Waals surface area contributed by atoms with Crippen LogP contribution in [0.25, 0.3) is 0 Å². The lowest BCUT2D eigenvalue weighted by molar-refractivity contribution is -0.470. The van der Waals surface area contributed by atoms with Crippen LogP contribution in [-0.4, -0.2) is 62.5 Å². The summed E-state index contributed by atoms with van der Waals surface area (Å²) >= 11 is 0. The zero-order valence-electron chi connectivity index (χ0n) is 13.2. The molecule has 0 unspecified atom stereocenters. The Morgan fingerprint density at radius 3 is 0.733 bits per heavy atom. The fourth-order valence-electron chi connectivity index (χ4n) is 1.29. The van der Waals surface area contributed by atoms with Crippen molar-refractivity contribution >= 4 is 0 Å². The van der Waals surface area contributed by atoms with Crippen LogP contribution in [0.1, 0.15) is 0 Å². The fraction of sp³-hybridized carbons (Fsp3) is 1.00. The van der Waals surface area contributed by atoms with E-state index in [9.17, 15) is 79.0 Å². The molecular weight excluding hydrogens is 494 g/mol. The molecule has 2 nitrogen and oxygen atoms in total. The Morgan fingerprint density at radius 2 is 0.667 bits per heavy atom. The second kappa shape index (κ2) is 9.86. The highest BCUT2D eigenvalue weighted by Gasteiger charge is 2.82. The minimum atomic E-state index is -7.10. The molecule has 184 valence electrons. The third-order valence-corrected chi connectivity index (χ3v) is 2.76. The van der Waals surface area contributed by atoms with Crippen LogP contribution in [0.3, 0.4) is 0 Å². The van der Waals surface area contributed by atoms with Crippen LogP contribution in [-0.2, 0) is 9.47 Å². The van der Waals surface area contributed by atoms with E-state index in [0.717, 1.165) is 0 Å². The van der Waals surface area contributed by atoms with Gasteiger partial charge in [-0.2, -0.15) is 70.2 Å². The molecule has 0 amide bonds. The lowest BCUT2D eigenvalue weighted by Crippen LogP contribution is -2.71. The summed E-state index contributed by atoms with van der Waals surface area (Å²) in [7, 11) is 0. The molecule has 0 aromatic heterocycles. The monoisotopic (exact) mass is 500 g/mol. The van der Waals surface area contributed by atoms with Gasteiger partial charge in [-0.15, -0.1) is 0 Å².